The SMILES string of the molecule is COc1ccc(C(=O)NCCNC(=O)Nc2ccc(OC)c(OC(F)F)c2)cc1. The number of carbonyl (C=O) groups excluding carboxylic acids is 2. The molecule has 0 aliphatic carbocycles. The van der Waals surface area contributed by atoms with E-state index in [1.54, 1.807) is 24.3 Å². The maximum atomic E-state index is 12.4. The number of hydrogen-bond acceptors (Lipinski definition) is 5. The maximum Gasteiger partial charge on any atom is 0.387 e. The quantitative estimate of drug-likeness (QED) is 0.554. The van der Waals surface area contributed by atoms with Gasteiger partial charge in [0.1, 0.15) is 5.75 Å². The fourth-order valence-corrected chi connectivity index (χ4v) is 2.31. The molecule has 8 nitrogen and oxygen atoms in total. The number of halogens is 2. The Morgan fingerprint density at radius 2 is 1.62 bits per heavy atom. The van der Waals surface area contributed by atoms with E-state index in [0.717, 1.165) is 0 Å². The number of hydrogen-bond donors (Lipinski definition) is 3. The molecule has 0 aliphatic heterocycles. The predicted octanol–water partition coefficient (Wildman–Crippen LogP) is 2.86. The van der Waals surface area contributed by atoms with E-state index in [9.17, 15) is 18.4 Å². The van der Waals surface area contributed by atoms with Gasteiger partial charge in [0, 0.05) is 30.4 Å². The van der Waals surface area contributed by atoms with Crippen LogP contribution in [0, 0.1) is 0 Å². The number of urea groups is 1. The Hall–Kier alpha value is -3.56. The van der Waals surface area contributed by atoms with E-state index in [1.165, 1.54) is 32.4 Å². The standard InChI is InChI=1S/C19H21F2N3O5/c1-27-14-6-3-12(4-7-14)17(25)22-9-10-23-19(26)24-13-5-8-15(28-2)16(11-13)29-18(20)21/h3-8,11,18H,9-10H2,1-2H3,(H,22,25)(H2,23,24,26). The van der Waals surface area contributed by atoms with Gasteiger partial charge in [-0.1, -0.05) is 0 Å². The molecular formula is C19H21F2N3O5. The van der Waals surface area contributed by atoms with Gasteiger partial charge < -0.3 is 30.2 Å². The molecule has 0 bridgehead atoms. The number of nitrogens with one attached hydrogen (secondary N) is 3. The lowest BCUT2D eigenvalue weighted by molar-refractivity contribution is -0.0511. The number of alkyl halides is 2. The van der Waals surface area contributed by atoms with Gasteiger partial charge in [0.25, 0.3) is 5.91 Å². The highest BCUT2D eigenvalue weighted by molar-refractivity contribution is 5.94. The summed E-state index contributed by atoms with van der Waals surface area (Å²) in [6.07, 6.45) is 0. The first-order valence-electron chi connectivity index (χ1n) is 8.53. The summed E-state index contributed by atoms with van der Waals surface area (Å²) in [6, 6.07) is 10.1. The van der Waals surface area contributed by atoms with Crippen LogP contribution < -0.4 is 30.2 Å². The third-order valence-electron chi connectivity index (χ3n) is 3.69. The van der Waals surface area contributed by atoms with Crippen LogP contribution >= 0.6 is 0 Å². The van der Waals surface area contributed by atoms with Crippen molar-refractivity contribution < 1.29 is 32.6 Å². The lowest BCUT2D eigenvalue weighted by Crippen LogP contribution is -2.36. The molecule has 29 heavy (non-hydrogen) atoms. The summed E-state index contributed by atoms with van der Waals surface area (Å²) in [7, 11) is 2.85. The van der Waals surface area contributed by atoms with E-state index in [4.69, 9.17) is 9.47 Å². The average Bonchev–Trinajstić information content (AvgIpc) is 2.71. The maximum absolute atomic E-state index is 12.4. The third kappa shape index (κ3) is 6.83. The van der Waals surface area contributed by atoms with Crippen molar-refractivity contribution in [1.82, 2.24) is 10.6 Å². The Morgan fingerprint density at radius 3 is 2.24 bits per heavy atom. The van der Waals surface area contributed by atoms with E-state index in [1.807, 2.05) is 0 Å². The summed E-state index contributed by atoms with van der Waals surface area (Å²) in [5, 5.41) is 7.68. The van der Waals surface area contributed by atoms with Crippen LogP contribution in [0.3, 0.4) is 0 Å². The van der Waals surface area contributed by atoms with E-state index in [0.29, 0.717) is 11.3 Å². The second kappa shape index (κ2) is 10.7. The molecule has 2 aromatic carbocycles. The normalized spacial score (nSPS) is 10.2. The third-order valence-corrected chi connectivity index (χ3v) is 3.69. The van der Waals surface area contributed by atoms with Crippen LogP contribution in [-0.4, -0.2) is 45.9 Å². The molecule has 3 amide bonds. The van der Waals surface area contributed by atoms with Crippen molar-refractivity contribution in [2.45, 2.75) is 6.61 Å². The molecule has 0 aliphatic rings. The summed E-state index contributed by atoms with van der Waals surface area (Å²) < 4.78 is 39.2. The van der Waals surface area contributed by atoms with Crippen molar-refractivity contribution in [2.75, 3.05) is 32.6 Å². The van der Waals surface area contributed by atoms with E-state index < -0.39 is 12.6 Å². The number of amides is 3. The van der Waals surface area contributed by atoms with Gasteiger partial charge in [-0.15, -0.1) is 0 Å². The lowest BCUT2D eigenvalue weighted by atomic mass is 10.2. The Kier molecular flexibility index (Phi) is 8.01. The van der Waals surface area contributed by atoms with Gasteiger partial charge in [-0.3, -0.25) is 4.79 Å². The molecule has 2 rings (SSSR count). The molecule has 0 heterocycles. The van der Waals surface area contributed by atoms with Crippen molar-refractivity contribution in [1.29, 1.82) is 0 Å². The van der Waals surface area contributed by atoms with Gasteiger partial charge in [-0.2, -0.15) is 8.78 Å². The van der Waals surface area contributed by atoms with Crippen molar-refractivity contribution in [3.05, 3.63) is 48.0 Å². The molecule has 0 atom stereocenters. The highest BCUT2D eigenvalue weighted by Crippen LogP contribution is 2.31. The molecule has 0 saturated heterocycles. The number of benzene rings is 2. The summed E-state index contributed by atoms with van der Waals surface area (Å²) >= 11 is 0. The Bertz CT molecular complexity index is 831. The summed E-state index contributed by atoms with van der Waals surface area (Å²) in [5.74, 6) is 0.254. The van der Waals surface area contributed by atoms with Crippen molar-refractivity contribution in [3.63, 3.8) is 0 Å². The van der Waals surface area contributed by atoms with E-state index in [-0.39, 0.29) is 36.2 Å². The number of methoxy groups -OCH3 is 2. The molecule has 0 spiro atoms. The number of anilines is 1. The van der Waals surface area contributed by atoms with Gasteiger partial charge >= 0.3 is 12.6 Å². The summed E-state index contributed by atoms with van der Waals surface area (Å²) in [5.41, 5.74) is 0.696. The average molecular weight is 409 g/mol. The van der Waals surface area contributed by atoms with E-state index >= 15 is 0 Å². The van der Waals surface area contributed by atoms with Crippen molar-refractivity contribution in [3.8, 4) is 17.2 Å². The minimum atomic E-state index is -3.03. The first-order valence-corrected chi connectivity index (χ1v) is 8.53. The smallest absolute Gasteiger partial charge is 0.387 e. The van der Waals surface area contributed by atoms with Crippen LogP contribution in [0.5, 0.6) is 17.2 Å². The molecule has 0 saturated carbocycles. The minimum absolute atomic E-state index is 0.109. The fourth-order valence-electron chi connectivity index (χ4n) is 2.31. The molecule has 2 aromatic rings. The molecule has 0 unspecified atom stereocenters. The zero-order chi connectivity index (χ0) is 21.2. The van der Waals surface area contributed by atoms with Crippen LogP contribution in [0.4, 0.5) is 19.3 Å². The Morgan fingerprint density at radius 1 is 0.931 bits per heavy atom. The molecule has 10 heteroatoms. The number of carbonyl (C=O) groups is 2. The van der Waals surface area contributed by atoms with Crippen LogP contribution in [0.15, 0.2) is 42.5 Å². The van der Waals surface area contributed by atoms with Gasteiger partial charge in [-0.25, -0.2) is 4.79 Å². The van der Waals surface area contributed by atoms with Gasteiger partial charge in [-0.05, 0) is 36.4 Å². The lowest BCUT2D eigenvalue weighted by Gasteiger charge is -2.13. The summed E-state index contributed by atoms with van der Waals surface area (Å²) in [6.45, 7) is -2.67. The molecule has 3 N–H and O–H groups in total. The van der Waals surface area contributed by atoms with Crippen molar-refractivity contribution >= 4 is 17.6 Å². The van der Waals surface area contributed by atoms with Gasteiger partial charge in [0.15, 0.2) is 11.5 Å². The van der Waals surface area contributed by atoms with Crippen LogP contribution in [0.1, 0.15) is 10.4 Å². The highest BCUT2D eigenvalue weighted by Gasteiger charge is 2.12. The highest BCUT2D eigenvalue weighted by atomic mass is 19.3. The minimum Gasteiger partial charge on any atom is -0.497 e. The molecule has 0 fully saturated rings. The zero-order valence-corrected chi connectivity index (χ0v) is 15.8. The summed E-state index contributed by atoms with van der Waals surface area (Å²) in [4.78, 5) is 23.9. The number of ether oxygens (including phenoxy) is 3. The molecule has 156 valence electrons. The number of rotatable bonds is 9. The first-order chi connectivity index (χ1) is 13.9. The van der Waals surface area contributed by atoms with Gasteiger partial charge in [0.05, 0.1) is 14.2 Å². The van der Waals surface area contributed by atoms with Crippen molar-refractivity contribution in [2.24, 2.45) is 0 Å². The zero-order valence-electron chi connectivity index (χ0n) is 15.8. The van der Waals surface area contributed by atoms with Crippen LogP contribution in [0.2, 0.25) is 0 Å². The molecule has 0 radical (unpaired) electrons. The Balaban J connectivity index is 1.78. The Labute approximate surface area is 166 Å². The largest absolute Gasteiger partial charge is 0.497 e. The van der Waals surface area contributed by atoms with Gasteiger partial charge in [0.2, 0.25) is 0 Å². The van der Waals surface area contributed by atoms with Crippen LogP contribution in [-0.2, 0) is 0 Å². The molecular weight excluding hydrogens is 388 g/mol. The molecule has 0 aromatic heterocycles. The topological polar surface area (TPSA) is 97.9 Å². The monoisotopic (exact) mass is 409 g/mol. The van der Waals surface area contributed by atoms with E-state index in [2.05, 4.69) is 20.7 Å². The van der Waals surface area contributed by atoms with Crippen LogP contribution in [0.25, 0.3) is 0 Å². The second-order valence-corrected chi connectivity index (χ2v) is 5.61. The fraction of sp³-hybridized carbons (Fsp3) is 0.263. The second-order valence-electron chi connectivity index (χ2n) is 5.61. The predicted molar refractivity (Wildman–Crippen MR) is 102 cm³/mol. The first kappa shape index (κ1) is 21.7.